The van der Waals surface area contributed by atoms with Crippen LogP contribution in [0.2, 0.25) is 0 Å². The summed E-state index contributed by atoms with van der Waals surface area (Å²) in [4.78, 5) is 54.8. The summed E-state index contributed by atoms with van der Waals surface area (Å²) in [6, 6.07) is 6.74. The second-order valence-corrected chi connectivity index (χ2v) is 8.86. The Morgan fingerprint density at radius 2 is 1.29 bits per heavy atom. The van der Waals surface area contributed by atoms with Crippen LogP contribution in [-0.4, -0.2) is 71.1 Å². The molecule has 2 aliphatic heterocycles. The Morgan fingerprint density at radius 1 is 0.774 bits per heavy atom. The summed E-state index contributed by atoms with van der Waals surface area (Å²) in [5.41, 5.74) is 0.806. The molecule has 4 amide bonds. The SMILES string of the molecule is O=C(CCC1CCCCC1)N1CCN(C(=O)CCN2C(=O)c3ccccc3C2=O)CC1. The van der Waals surface area contributed by atoms with Gasteiger partial charge in [-0.2, -0.15) is 0 Å². The monoisotopic (exact) mass is 425 g/mol. The Morgan fingerprint density at radius 3 is 1.84 bits per heavy atom. The Hall–Kier alpha value is -2.70. The van der Waals surface area contributed by atoms with Crippen molar-refractivity contribution in [1.82, 2.24) is 14.7 Å². The minimum Gasteiger partial charge on any atom is -0.339 e. The summed E-state index contributed by atoms with van der Waals surface area (Å²) in [5, 5.41) is 0. The summed E-state index contributed by atoms with van der Waals surface area (Å²) in [5.74, 6) is 0.154. The van der Waals surface area contributed by atoms with E-state index in [2.05, 4.69) is 0 Å². The van der Waals surface area contributed by atoms with Crippen LogP contribution >= 0.6 is 0 Å². The van der Waals surface area contributed by atoms with Gasteiger partial charge in [0.15, 0.2) is 0 Å². The molecule has 0 bridgehead atoms. The highest BCUT2D eigenvalue weighted by molar-refractivity contribution is 6.21. The van der Waals surface area contributed by atoms with E-state index in [1.54, 1.807) is 29.2 Å². The molecule has 2 fully saturated rings. The van der Waals surface area contributed by atoms with Crippen LogP contribution in [0.1, 0.15) is 72.1 Å². The van der Waals surface area contributed by atoms with Gasteiger partial charge in [0.2, 0.25) is 11.8 Å². The molecule has 0 atom stereocenters. The lowest BCUT2D eigenvalue weighted by Crippen LogP contribution is -2.51. The van der Waals surface area contributed by atoms with E-state index in [0.717, 1.165) is 11.3 Å². The van der Waals surface area contributed by atoms with Crippen molar-refractivity contribution < 1.29 is 19.2 Å². The maximum Gasteiger partial charge on any atom is 0.261 e. The molecule has 1 aliphatic carbocycles. The fourth-order valence-electron chi connectivity index (χ4n) is 4.97. The summed E-state index contributed by atoms with van der Waals surface area (Å²) in [7, 11) is 0. The van der Waals surface area contributed by atoms with Crippen LogP contribution in [0.25, 0.3) is 0 Å². The lowest BCUT2D eigenvalue weighted by molar-refractivity contribution is -0.139. The van der Waals surface area contributed by atoms with Gasteiger partial charge in [-0.1, -0.05) is 44.2 Å². The van der Waals surface area contributed by atoms with Gasteiger partial charge in [-0.3, -0.25) is 24.1 Å². The van der Waals surface area contributed by atoms with Gasteiger partial charge in [-0.05, 0) is 24.5 Å². The first-order valence-electron chi connectivity index (χ1n) is 11.6. The molecule has 0 radical (unpaired) electrons. The number of benzene rings is 1. The molecule has 166 valence electrons. The first-order chi connectivity index (χ1) is 15.0. The van der Waals surface area contributed by atoms with Gasteiger partial charge in [0.1, 0.15) is 0 Å². The minimum atomic E-state index is -0.332. The molecule has 1 saturated heterocycles. The zero-order valence-corrected chi connectivity index (χ0v) is 18.1. The Labute approximate surface area is 183 Å². The van der Waals surface area contributed by atoms with Crippen molar-refractivity contribution >= 4 is 23.6 Å². The number of fused-ring (bicyclic) bond motifs is 1. The van der Waals surface area contributed by atoms with Crippen LogP contribution in [-0.2, 0) is 9.59 Å². The molecule has 1 saturated carbocycles. The largest absolute Gasteiger partial charge is 0.339 e. The predicted octanol–water partition coefficient (Wildman–Crippen LogP) is 2.70. The fourth-order valence-corrected chi connectivity index (χ4v) is 4.97. The molecule has 7 heteroatoms. The number of nitrogens with zero attached hydrogens (tertiary/aromatic N) is 3. The number of piperazine rings is 1. The highest BCUT2D eigenvalue weighted by Gasteiger charge is 2.35. The van der Waals surface area contributed by atoms with E-state index >= 15 is 0 Å². The van der Waals surface area contributed by atoms with Gasteiger partial charge in [-0.15, -0.1) is 0 Å². The van der Waals surface area contributed by atoms with Crippen LogP contribution in [0.15, 0.2) is 24.3 Å². The summed E-state index contributed by atoms with van der Waals surface area (Å²) >= 11 is 0. The lowest BCUT2D eigenvalue weighted by Gasteiger charge is -2.35. The van der Waals surface area contributed by atoms with E-state index in [1.807, 2.05) is 4.90 Å². The number of hydrogen-bond donors (Lipinski definition) is 0. The molecule has 0 spiro atoms. The number of rotatable bonds is 6. The average molecular weight is 426 g/mol. The van der Waals surface area contributed by atoms with Crippen LogP contribution in [0.5, 0.6) is 0 Å². The molecule has 2 heterocycles. The van der Waals surface area contributed by atoms with Gasteiger partial charge >= 0.3 is 0 Å². The number of hydrogen-bond acceptors (Lipinski definition) is 4. The summed E-state index contributed by atoms with van der Waals surface area (Å²) in [6.45, 7) is 2.22. The number of carbonyl (C=O) groups excluding carboxylic acids is 4. The molecule has 1 aromatic carbocycles. The normalized spacial score (nSPS) is 19.7. The number of amides is 4. The molecule has 7 nitrogen and oxygen atoms in total. The van der Waals surface area contributed by atoms with Gasteiger partial charge in [0.25, 0.3) is 11.8 Å². The highest BCUT2D eigenvalue weighted by Crippen LogP contribution is 2.27. The van der Waals surface area contributed by atoms with Gasteiger partial charge in [0.05, 0.1) is 11.1 Å². The first kappa shape index (κ1) is 21.5. The third-order valence-electron chi connectivity index (χ3n) is 6.90. The second-order valence-electron chi connectivity index (χ2n) is 8.86. The van der Waals surface area contributed by atoms with E-state index in [0.29, 0.717) is 49.6 Å². The van der Waals surface area contributed by atoms with Crippen molar-refractivity contribution in [3.05, 3.63) is 35.4 Å². The van der Waals surface area contributed by atoms with E-state index in [-0.39, 0.29) is 36.6 Å². The molecule has 0 unspecified atom stereocenters. The number of imide groups is 1. The van der Waals surface area contributed by atoms with Crippen molar-refractivity contribution in [2.45, 2.75) is 51.4 Å². The smallest absolute Gasteiger partial charge is 0.261 e. The molecule has 1 aromatic rings. The minimum absolute atomic E-state index is 0.0779. The molecule has 3 aliphatic rings. The maximum absolute atomic E-state index is 12.6. The zero-order valence-electron chi connectivity index (χ0n) is 18.1. The molecular weight excluding hydrogens is 394 g/mol. The van der Waals surface area contributed by atoms with Crippen LogP contribution in [0, 0.1) is 5.92 Å². The molecule has 0 N–H and O–H groups in total. The van der Waals surface area contributed by atoms with Crippen molar-refractivity contribution in [3.63, 3.8) is 0 Å². The van der Waals surface area contributed by atoms with Gasteiger partial charge in [0, 0.05) is 45.6 Å². The van der Waals surface area contributed by atoms with Gasteiger partial charge < -0.3 is 9.80 Å². The molecular formula is C24H31N3O4. The van der Waals surface area contributed by atoms with Crippen molar-refractivity contribution in [2.24, 2.45) is 5.92 Å². The highest BCUT2D eigenvalue weighted by atomic mass is 16.2. The van der Waals surface area contributed by atoms with E-state index in [1.165, 1.54) is 32.1 Å². The van der Waals surface area contributed by atoms with Gasteiger partial charge in [-0.25, -0.2) is 0 Å². The number of carbonyl (C=O) groups is 4. The first-order valence-corrected chi connectivity index (χ1v) is 11.6. The van der Waals surface area contributed by atoms with Crippen LogP contribution in [0.4, 0.5) is 0 Å². The Kier molecular flexibility index (Phi) is 6.68. The lowest BCUT2D eigenvalue weighted by atomic mass is 9.86. The molecule has 0 aromatic heterocycles. The van der Waals surface area contributed by atoms with E-state index in [9.17, 15) is 19.2 Å². The summed E-state index contributed by atoms with van der Waals surface area (Å²) in [6.07, 6.45) is 8.12. The predicted molar refractivity (Wildman–Crippen MR) is 115 cm³/mol. The van der Waals surface area contributed by atoms with E-state index in [4.69, 9.17) is 0 Å². The maximum atomic E-state index is 12.6. The molecule has 31 heavy (non-hydrogen) atoms. The van der Waals surface area contributed by atoms with E-state index < -0.39 is 0 Å². The Balaban J connectivity index is 1.20. The third-order valence-corrected chi connectivity index (χ3v) is 6.90. The van der Waals surface area contributed by atoms with Crippen LogP contribution < -0.4 is 0 Å². The summed E-state index contributed by atoms with van der Waals surface area (Å²) < 4.78 is 0. The third kappa shape index (κ3) is 4.81. The fraction of sp³-hybridized carbons (Fsp3) is 0.583. The second kappa shape index (κ2) is 9.62. The topological polar surface area (TPSA) is 78.0 Å². The Bertz CT molecular complexity index is 819. The zero-order chi connectivity index (χ0) is 21.8. The average Bonchev–Trinajstić information content (AvgIpc) is 3.06. The van der Waals surface area contributed by atoms with Crippen LogP contribution in [0.3, 0.4) is 0 Å². The van der Waals surface area contributed by atoms with Crippen molar-refractivity contribution in [3.8, 4) is 0 Å². The quantitative estimate of drug-likeness (QED) is 0.657. The van der Waals surface area contributed by atoms with Crippen molar-refractivity contribution in [1.29, 1.82) is 0 Å². The molecule has 4 rings (SSSR count). The standard InChI is InChI=1S/C24H31N3O4/c28-21(11-10-18-6-2-1-3-7-18)25-14-16-26(17-15-25)22(29)12-13-27-23(30)19-8-4-5-9-20(19)24(27)31/h4-5,8-9,18H,1-3,6-7,10-17H2. The van der Waals surface area contributed by atoms with Crippen molar-refractivity contribution in [2.75, 3.05) is 32.7 Å².